The van der Waals surface area contributed by atoms with Crippen molar-refractivity contribution in [3.05, 3.63) is 0 Å². The minimum atomic E-state index is -3.47. The van der Waals surface area contributed by atoms with Gasteiger partial charge in [-0.05, 0) is 63.2 Å². The maximum atomic E-state index is 11.7. The molecule has 0 heterocycles. The predicted molar refractivity (Wildman–Crippen MR) is 123 cm³/mol. The minimum Gasteiger partial charge on any atom is -0.396 e. The normalized spacial score (nSPS) is 14.9. The molecule has 0 saturated heterocycles. The third-order valence-electron chi connectivity index (χ3n) is 6.68. The van der Waals surface area contributed by atoms with E-state index < -0.39 is 13.2 Å². The third kappa shape index (κ3) is 13.2. The van der Waals surface area contributed by atoms with Crippen LogP contribution in [0.3, 0.4) is 0 Å². The molecule has 176 valence electrons. The predicted octanol–water partition coefficient (Wildman–Crippen LogP) is 6.70. The molecule has 0 aliphatic carbocycles. The van der Waals surface area contributed by atoms with Gasteiger partial charge in [-0.2, -0.15) is 0 Å². The summed E-state index contributed by atoms with van der Waals surface area (Å²) in [4.78, 5) is 9.59. The maximum Gasteiger partial charge on any atom is 0.325 e. The van der Waals surface area contributed by atoms with Crippen LogP contribution in [0.15, 0.2) is 0 Å². The van der Waals surface area contributed by atoms with Gasteiger partial charge in [0.1, 0.15) is 0 Å². The fraction of sp³-hybridized carbons (Fsp3) is 1.00. The fourth-order valence-electron chi connectivity index (χ4n) is 4.29. The summed E-state index contributed by atoms with van der Waals surface area (Å²) in [5.74, 6) is 0. The Labute approximate surface area is 180 Å². The molecule has 0 aromatic heterocycles. The Morgan fingerprint density at radius 1 is 0.759 bits per heavy atom. The van der Waals surface area contributed by atoms with Gasteiger partial charge >= 0.3 is 7.60 Å². The van der Waals surface area contributed by atoms with Crippen LogP contribution in [0.1, 0.15) is 111 Å². The first kappa shape index (κ1) is 29.1. The van der Waals surface area contributed by atoms with Crippen LogP contribution in [0, 0.1) is 5.41 Å². The van der Waals surface area contributed by atoms with Crippen molar-refractivity contribution in [2.45, 2.75) is 117 Å². The molecule has 0 aliphatic rings. The van der Waals surface area contributed by atoms with E-state index in [1.807, 2.05) is 13.8 Å². The molecule has 0 amide bonds. The molecular weight excluding hydrogens is 387 g/mol. The van der Waals surface area contributed by atoms with Gasteiger partial charge in [0, 0.05) is 26.5 Å². The standard InChI is InChI=1S/C23H49O5P/c1-6-22(7-2,16-10-13-19-24)17-11-14-20-27-21-15-12-18-23(8-3,9-4)28-29(5,25)26/h24H,6-21H2,1-5H3,(H,25,26). The zero-order valence-electron chi connectivity index (χ0n) is 19.9. The Morgan fingerprint density at radius 3 is 1.66 bits per heavy atom. The lowest BCUT2D eigenvalue weighted by Crippen LogP contribution is -2.30. The Balaban J connectivity index is 4.00. The zero-order valence-corrected chi connectivity index (χ0v) is 20.8. The highest BCUT2D eigenvalue weighted by Crippen LogP contribution is 2.46. The number of hydrogen-bond donors (Lipinski definition) is 2. The molecule has 1 unspecified atom stereocenters. The van der Waals surface area contributed by atoms with Gasteiger partial charge in [0.2, 0.25) is 0 Å². The van der Waals surface area contributed by atoms with E-state index in [4.69, 9.17) is 14.4 Å². The first-order valence-corrected chi connectivity index (χ1v) is 13.9. The van der Waals surface area contributed by atoms with Crippen LogP contribution >= 0.6 is 7.60 Å². The quantitative estimate of drug-likeness (QED) is 0.164. The highest BCUT2D eigenvalue weighted by atomic mass is 31.2. The van der Waals surface area contributed by atoms with Crippen molar-refractivity contribution in [1.29, 1.82) is 0 Å². The van der Waals surface area contributed by atoms with Crippen LogP contribution < -0.4 is 0 Å². The molecule has 5 nitrogen and oxygen atoms in total. The molecule has 6 heteroatoms. The average Bonchev–Trinajstić information content (AvgIpc) is 2.69. The van der Waals surface area contributed by atoms with Gasteiger partial charge in [0.05, 0.1) is 5.60 Å². The second-order valence-electron chi connectivity index (χ2n) is 8.70. The van der Waals surface area contributed by atoms with E-state index in [9.17, 15) is 9.46 Å². The number of rotatable bonds is 20. The largest absolute Gasteiger partial charge is 0.396 e. The molecule has 2 N–H and O–H groups in total. The lowest BCUT2D eigenvalue weighted by molar-refractivity contribution is 0.0352. The fourth-order valence-corrected chi connectivity index (χ4v) is 5.36. The molecule has 0 fully saturated rings. The van der Waals surface area contributed by atoms with E-state index in [1.54, 1.807) is 0 Å². The average molecular weight is 437 g/mol. The molecule has 0 aromatic carbocycles. The van der Waals surface area contributed by atoms with Crippen LogP contribution in [0.25, 0.3) is 0 Å². The second-order valence-corrected chi connectivity index (χ2v) is 10.5. The van der Waals surface area contributed by atoms with Crippen molar-refractivity contribution in [2.75, 3.05) is 26.5 Å². The topological polar surface area (TPSA) is 76.0 Å². The molecule has 29 heavy (non-hydrogen) atoms. The summed E-state index contributed by atoms with van der Waals surface area (Å²) >= 11 is 0. The van der Waals surface area contributed by atoms with Gasteiger partial charge in [0.15, 0.2) is 0 Å². The monoisotopic (exact) mass is 436 g/mol. The van der Waals surface area contributed by atoms with E-state index in [0.717, 1.165) is 64.6 Å². The number of ether oxygens (including phenoxy) is 1. The molecule has 0 aromatic rings. The summed E-state index contributed by atoms with van der Waals surface area (Å²) in [7, 11) is -3.47. The number of aliphatic hydroxyl groups is 1. The summed E-state index contributed by atoms with van der Waals surface area (Å²) < 4.78 is 23.0. The van der Waals surface area contributed by atoms with Crippen LogP contribution in [-0.4, -0.2) is 42.1 Å². The Kier molecular flexibility index (Phi) is 15.8. The number of unbranched alkanes of at least 4 members (excludes halogenated alkanes) is 3. The van der Waals surface area contributed by atoms with Crippen molar-refractivity contribution in [1.82, 2.24) is 0 Å². The van der Waals surface area contributed by atoms with Gasteiger partial charge < -0.3 is 19.3 Å². The molecule has 1 atom stereocenters. The van der Waals surface area contributed by atoms with Crippen molar-refractivity contribution < 1.29 is 23.8 Å². The summed E-state index contributed by atoms with van der Waals surface area (Å²) in [6.45, 7) is 11.8. The Morgan fingerprint density at radius 2 is 1.24 bits per heavy atom. The smallest absolute Gasteiger partial charge is 0.325 e. The SMILES string of the molecule is CCC(CC)(CCCCO)CCCCOCCCCC(CC)(CC)OP(C)(=O)O. The van der Waals surface area contributed by atoms with Gasteiger partial charge in [-0.25, -0.2) is 0 Å². The van der Waals surface area contributed by atoms with Gasteiger partial charge in [-0.15, -0.1) is 0 Å². The highest BCUT2D eigenvalue weighted by Gasteiger charge is 2.32. The maximum absolute atomic E-state index is 11.7. The summed E-state index contributed by atoms with van der Waals surface area (Å²) in [5, 5.41) is 9.02. The molecule has 0 aliphatic heterocycles. The lowest BCUT2D eigenvalue weighted by atomic mass is 9.74. The van der Waals surface area contributed by atoms with Gasteiger partial charge in [-0.3, -0.25) is 4.57 Å². The van der Waals surface area contributed by atoms with Crippen molar-refractivity contribution in [3.8, 4) is 0 Å². The van der Waals surface area contributed by atoms with Crippen LogP contribution in [0.2, 0.25) is 0 Å². The molecular formula is C23H49O5P. The number of hydrogen-bond acceptors (Lipinski definition) is 4. The Hall–Kier alpha value is 0.0700. The first-order valence-electron chi connectivity index (χ1n) is 11.9. The third-order valence-corrected chi connectivity index (χ3v) is 7.41. The molecule has 0 bridgehead atoms. The zero-order chi connectivity index (χ0) is 22.2. The summed E-state index contributed by atoms with van der Waals surface area (Å²) in [5.41, 5.74) is -0.0527. The van der Waals surface area contributed by atoms with E-state index in [-0.39, 0.29) is 0 Å². The van der Waals surface area contributed by atoms with Crippen LogP contribution in [-0.2, 0) is 13.8 Å². The summed E-state index contributed by atoms with van der Waals surface area (Å²) in [6.07, 6.45) is 13.4. The van der Waals surface area contributed by atoms with Crippen molar-refractivity contribution >= 4 is 7.60 Å². The number of aliphatic hydroxyl groups excluding tert-OH is 1. The van der Waals surface area contributed by atoms with E-state index in [1.165, 1.54) is 38.8 Å². The van der Waals surface area contributed by atoms with Crippen molar-refractivity contribution in [3.63, 3.8) is 0 Å². The minimum absolute atomic E-state index is 0.304. The Bertz CT molecular complexity index is 427. The van der Waals surface area contributed by atoms with E-state index in [0.29, 0.717) is 12.0 Å². The molecule has 0 rings (SSSR count). The van der Waals surface area contributed by atoms with Crippen molar-refractivity contribution in [2.24, 2.45) is 5.41 Å². The van der Waals surface area contributed by atoms with E-state index >= 15 is 0 Å². The lowest BCUT2D eigenvalue weighted by Gasteiger charge is -2.32. The van der Waals surface area contributed by atoms with Gasteiger partial charge in [-0.1, -0.05) is 53.4 Å². The van der Waals surface area contributed by atoms with Crippen LogP contribution in [0.4, 0.5) is 0 Å². The molecule has 0 spiro atoms. The molecule has 0 radical (unpaired) electrons. The highest BCUT2D eigenvalue weighted by molar-refractivity contribution is 7.51. The van der Waals surface area contributed by atoms with Gasteiger partial charge in [0.25, 0.3) is 0 Å². The second kappa shape index (κ2) is 15.8. The molecule has 0 saturated carbocycles. The van der Waals surface area contributed by atoms with Crippen LogP contribution in [0.5, 0.6) is 0 Å². The summed E-state index contributed by atoms with van der Waals surface area (Å²) in [6, 6.07) is 0. The first-order chi connectivity index (χ1) is 13.7. The van der Waals surface area contributed by atoms with E-state index in [2.05, 4.69) is 13.8 Å².